The molecule has 0 N–H and O–H groups in total. The van der Waals surface area contributed by atoms with E-state index in [4.69, 9.17) is 5.10 Å². The standard InChI is InChI=1S/C26H33N3O/c1-7-13-28(14-8-2)26(30)25-17-23(22-12-11-19(4)21(6)16-22)27-29(25)24-15-18(3)9-10-20(24)5/h9-12,15-17H,7-8,13-14H2,1-6H3. The number of nitrogens with zero attached hydrogens (tertiary/aromatic N) is 3. The maximum atomic E-state index is 13.5. The van der Waals surface area contributed by atoms with Gasteiger partial charge < -0.3 is 4.90 Å². The summed E-state index contributed by atoms with van der Waals surface area (Å²) >= 11 is 0. The van der Waals surface area contributed by atoms with Crippen LogP contribution in [-0.2, 0) is 0 Å². The molecule has 30 heavy (non-hydrogen) atoms. The lowest BCUT2D eigenvalue weighted by molar-refractivity contribution is 0.0746. The average molecular weight is 404 g/mol. The van der Waals surface area contributed by atoms with Crippen molar-refractivity contribution >= 4 is 5.91 Å². The molecule has 158 valence electrons. The first-order chi connectivity index (χ1) is 14.3. The molecule has 0 aliphatic heterocycles. The van der Waals surface area contributed by atoms with Gasteiger partial charge in [0.1, 0.15) is 5.69 Å². The van der Waals surface area contributed by atoms with E-state index < -0.39 is 0 Å². The van der Waals surface area contributed by atoms with E-state index in [1.165, 1.54) is 11.1 Å². The van der Waals surface area contributed by atoms with Crippen LogP contribution in [0.4, 0.5) is 0 Å². The van der Waals surface area contributed by atoms with Crippen LogP contribution in [-0.4, -0.2) is 33.7 Å². The lowest BCUT2D eigenvalue weighted by Crippen LogP contribution is -2.34. The van der Waals surface area contributed by atoms with Gasteiger partial charge in [-0.1, -0.05) is 38.1 Å². The maximum absolute atomic E-state index is 13.5. The first-order valence-corrected chi connectivity index (χ1v) is 10.9. The number of hydrogen-bond donors (Lipinski definition) is 0. The topological polar surface area (TPSA) is 38.1 Å². The Labute approximate surface area is 180 Å². The second kappa shape index (κ2) is 9.29. The lowest BCUT2D eigenvalue weighted by Gasteiger charge is -2.22. The number of carbonyl (C=O) groups is 1. The van der Waals surface area contributed by atoms with Crippen LogP contribution in [0.5, 0.6) is 0 Å². The molecule has 4 heteroatoms. The Kier molecular flexibility index (Phi) is 6.76. The van der Waals surface area contributed by atoms with E-state index in [1.807, 2.05) is 15.6 Å². The Morgan fingerprint density at radius 2 is 1.53 bits per heavy atom. The van der Waals surface area contributed by atoms with Crippen LogP contribution in [0.15, 0.2) is 42.5 Å². The molecule has 0 spiro atoms. The highest BCUT2D eigenvalue weighted by Crippen LogP contribution is 2.26. The molecule has 0 aliphatic rings. The molecular formula is C26H33N3O. The van der Waals surface area contributed by atoms with Crippen LogP contribution in [0.25, 0.3) is 16.9 Å². The number of hydrogen-bond acceptors (Lipinski definition) is 2. The summed E-state index contributed by atoms with van der Waals surface area (Å²) in [6, 6.07) is 14.6. The second-order valence-electron chi connectivity index (χ2n) is 8.21. The van der Waals surface area contributed by atoms with Gasteiger partial charge in [-0.05, 0) is 81.0 Å². The summed E-state index contributed by atoms with van der Waals surface area (Å²) in [5, 5.41) is 4.92. The van der Waals surface area contributed by atoms with Crippen LogP contribution >= 0.6 is 0 Å². The van der Waals surface area contributed by atoms with Crippen molar-refractivity contribution in [2.75, 3.05) is 13.1 Å². The van der Waals surface area contributed by atoms with Gasteiger partial charge in [0.05, 0.1) is 11.4 Å². The molecule has 0 saturated heterocycles. The van der Waals surface area contributed by atoms with E-state index in [0.29, 0.717) is 5.69 Å². The maximum Gasteiger partial charge on any atom is 0.272 e. The second-order valence-corrected chi connectivity index (χ2v) is 8.21. The van der Waals surface area contributed by atoms with Gasteiger partial charge in [0.2, 0.25) is 0 Å². The average Bonchev–Trinajstić information content (AvgIpc) is 3.16. The SMILES string of the molecule is CCCN(CCC)C(=O)c1cc(-c2ccc(C)c(C)c2)nn1-c1cc(C)ccc1C. The number of aromatic nitrogens is 2. The molecule has 0 atom stereocenters. The Bertz CT molecular complexity index is 1040. The largest absolute Gasteiger partial charge is 0.337 e. The number of amides is 1. The van der Waals surface area contributed by atoms with Crippen molar-refractivity contribution in [2.24, 2.45) is 0 Å². The Balaban J connectivity index is 2.18. The van der Waals surface area contributed by atoms with Crippen molar-refractivity contribution in [1.82, 2.24) is 14.7 Å². The number of benzene rings is 2. The minimum atomic E-state index is 0.0437. The molecule has 0 aliphatic carbocycles. The minimum absolute atomic E-state index is 0.0437. The Morgan fingerprint density at radius 1 is 0.867 bits per heavy atom. The van der Waals surface area contributed by atoms with Crippen LogP contribution in [0.2, 0.25) is 0 Å². The van der Waals surface area contributed by atoms with Crippen molar-refractivity contribution in [2.45, 2.75) is 54.4 Å². The molecule has 1 amide bonds. The van der Waals surface area contributed by atoms with Crippen molar-refractivity contribution in [1.29, 1.82) is 0 Å². The molecule has 0 radical (unpaired) electrons. The minimum Gasteiger partial charge on any atom is -0.337 e. The van der Waals surface area contributed by atoms with Gasteiger partial charge >= 0.3 is 0 Å². The lowest BCUT2D eigenvalue weighted by atomic mass is 10.0. The van der Waals surface area contributed by atoms with Gasteiger partial charge in [-0.15, -0.1) is 0 Å². The monoisotopic (exact) mass is 403 g/mol. The van der Waals surface area contributed by atoms with E-state index in [0.717, 1.165) is 54.0 Å². The van der Waals surface area contributed by atoms with Crippen molar-refractivity contribution in [3.63, 3.8) is 0 Å². The van der Waals surface area contributed by atoms with Gasteiger partial charge in [0.25, 0.3) is 5.91 Å². The van der Waals surface area contributed by atoms with Crippen LogP contribution in [0.3, 0.4) is 0 Å². The highest BCUT2D eigenvalue weighted by atomic mass is 16.2. The summed E-state index contributed by atoms with van der Waals surface area (Å²) in [6.45, 7) is 14.1. The first kappa shape index (κ1) is 21.8. The number of rotatable bonds is 7. The highest BCUT2D eigenvalue weighted by molar-refractivity contribution is 5.94. The summed E-state index contributed by atoms with van der Waals surface area (Å²) in [4.78, 5) is 15.5. The molecule has 3 rings (SSSR count). The highest BCUT2D eigenvalue weighted by Gasteiger charge is 2.23. The van der Waals surface area contributed by atoms with Crippen LogP contribution in [0.1, 0.15) is 59.4 Å². The molecule has 0 unspecified atom stereocenters. The van der Waals surface area contributed by atoms with Crippen molar-refractivity contribution in [3.05, 3.63) is 70.4 Å². The zero-order valence-corrected chi connectivity index (χ0v) is 19.1. The van der Waals surface area contributed by atoms with E-state index >= 15 is 0 Å². The van der Waals surface area contributed by atoms with Crippen molar-refractivity contribution < 1.29 is 4.79 Å². The first-order valence-electron chi connectivity index (χ1n) is 10.9. The summed E-state index contributed by atoms with van der Waals surface area (Å²) in [7, 11) is 0. The summed E-state index contributed by atoms with van der Waals surface area (Å²) in [5.74, 6) is 0.0437. The molecule has 0 bridgehead atoms. The molecule has 1 heterocycles. The smallest absolute Gasteiger partial charge is 0.272 e. The summed E-state index contributed by atoms with van der Waals surface area (Å²) in [5.41, 5.74) is 8.17. The predicted molar refractivity (Wildman–Crippen MR) is 124 cm³/mol. The van der Waals surface area contributed by atoms with E-state index in [9.17, 15) is 4.79 Å². The Hall–Kier alpha value is -2.88. The van der Waals surface area contributed by atoms with E-state index in [2.05, 4.69) is 77.9 Å². The molecule has 1 aromatic heterocycles. The molecule has 4 nitrogen and oxygen atoms in total. The molecule has 0 saturated carbocycles. The zero-order valence-electron chi connectivity index (χ0n) is 19.1. The number of carbonyl (C=O) groups excluding carboxylic acids is 1. The molecular weight excluding hydrogens is 370 g/mol. The van der Waals surface area contributed by atoms with Gasteiger partial charge in [0, 0.05) is 18.7 Å². The van der Waals surface area contributed by atoms with Gasteiger partial charge in [0.15, 0.2) is 0 Å². The fraction of sp³-hybridized carbons (Fsp3) is 0.385. The van der Waals surface area contributed by atoms with Crippen LogP contribution < -0.4 is 0 Å². The summed E-state index contributed by atoms with van der Waals surface area (Å²) < 4.78 is 1.84. The van der Waals surface area contributed by atoms with Gasteiger partial charge in [-0.25, -0.2) is 4.68 Å². The van der Waals surface area contributed by atoms with Crippen LogP contribution in [0, 0.1) is 27.7 Å². The van der Waals surface area contributed by atoms with E-state index in [-0.39, 0.29) is 5.91 Å². The molecule has 3 aromatic rings. The van der Waals surface area contributed by atoms with Crippen molar-refractivity contribution in [3.8, 4) is 16.9 Å². The fourth-order valence-electron chi connectivity index (χ4n) is 3.72. The van der Waals surface area contributed by atoms with Gasteiger partial charge in [-0.2, -0.15) is 5.10 Å². The fourth-order valence-corrected chi connectivity index (χ4v) is 3.72. The third-order valence-electron chi connectivity index (χ3n) is 5.60. The predicted octanol–water partition coefficient (Wildman–Crippen LogP) is 6.04. The normalized spacial score (nSPS) is 11.0. The quantitative estimate of drug-likeness (QED) is 0.483. The zero-order chi connectivity index (χ0) is 21.8. The third kappa shape index (κ3) is 4.48. The number of aryl methyl sites for hydroxylation is 4. The molecule has 2 aromatic carbocycles. The third-order valence-corrected chi connectivity index (χ3v) is 5.60. The van der Waals surface area contributed by atoms with Gasteiger partial charge in [-0.3, -0.25) is 4.79 Å². The molecule has 0 fully saturated rings. The summed E-state index contributed by atoms with van der Waals surface area (Å²) in [6.07, 6.45) is 1.88. The Morgan fingerprint density at radius 3 is 2.17 bits per heavy atom. The van der Waals surface area contributed by atoms with E-state index in [1.54, 1.807) is 0 Å².